The van der Waals surface area contributed by atoms with E-state index in [0.717, 1.165) is 11.1 Å². The van der Waals surface area contributed by atoms with Gasteiger partial charge in [0.15, 0.2) is 0 Å². The minimum Gasteiger partial charge on any atom is -0.496 e. The molecule has 2 aromatic rings. The highest BCUT2D eigenvalue weighted by Crippen LogP contribution is 2.28. The summed E-state index contributed by atoms with van der Waals surface area (Å²) in [7, 11) is 1.58. The van der Waals surface area contributed by atoms with E-state index in [2.05, 4.69) is 6.07 Å². The number of nitrogens with two attached hydrogens (primary N) is 1. The molecule has 0 amide bonds. The van der Waals surface area contributed by atoms with Crippen LogP contribution in [-0.2, 0) is 13.2 Å². The average Bonchev–Trinajstić information content (AvgIpc) is 2.52. The zero-order valence-electron chi connectivity index (χ0n) is 11.6. The molecular formula is C16H15ClN2O2. The maximum atomic E-state index is 8.96. The second kappa shape index (κ2) is 6.98. The van der Waals surface area contributed by atoms with Crippen LogP contribution in [0.25, 0.3) is 0 Å². The third-order valence-electron chi connectivity index (χ3n) is 3.07. The van der Waals surface area contributed by atoms with E-state index in [0.29, 0.717) is 28.6 Å². The fraction of sp³-hybridized carbons (Fsp3) is 0.188. The number of halogens is 1. The Hall–Kier alpha value is -2.22. The highest BCUT2D eigenvalue weighted by atomic mass is 35.5. The molecule has 0 bridgehead atoms. The minimum absolute atomic E-state index is 0.270. The van der Waals surface area contributed by atoms with Crippen molar-refractivity contribution in [3.05, 3.63) is 58.1 Å². The first-order valence-electron chi connectivity index (χ1n) is 6.37. The number of hydrogen-bond donors (Lipinski definition) is 1. The summed E-state index contributed by atoms with van der Waals surface area (Å²) in [5, 5.41) is 9.54. The lowest BCUT2D eigenvalue weighted by Gasteiger charge is -2.13. The van der Waals surface area contributed by atoms with E-state index in [1.165, 1.54) is 0 Å². The van der Waals surface area contributed by atoms with Gasteiger partial charge < -0.3 is 15.2 Å². The highest BCUT2D eigenvalue weighted by Gasteiger charge is 2.09. The summed E-state index contributed by atoms with van der Waals surface area (Å²) in [5.74, 6) is 1.31. The predicted octanol–water partition coefficient (Wildman–Crippen LogP) is 3.26. The molecule has 0 unspecified atom stereocenters. The second-order valence-corrected chi connectivity index (χ2v) is 4.75. The van der Waals surface area contributed by atoms with Crippen LogP contribution in [0.3, 0.4) is 0 Å². The normalized spacial score (nSPS) is 10.0. The molecule has 0 saturated carbocycles. The Morgan fingerprint density at radius 2 is 2.05 bits per heavy atom. The van der Waals surface area contributed by atoms with E-state index in [-0.39, 0.29) is 6.61 Å². The Kier molecular flexibility index (Phi) is 5.04. The van der Waals surface area contributed by atoms with E-state index in [1.54, 1.807) is 37.4 Å². The summed E-state index contributed by atoms with van der Waals surface area (Å²) in [6, 6.07) is 12.7. The molecule has 21 heavy (non-hydrogen) atoms. The summed E-state index contributed by atoms with van der Waals surface area (Å²) in [4.78, 5) is 0. The summed E-state index contributed by atoms with van der Waals surface area (Å²) in [5.41, 5.74) is 7.80. The number of nitrogens with zero attached hydrogens (tertiary/aromatic N) is 1. The van der Waals surface area contributed by atoms with Crippen LogP contribution in [0.5, 0.6) is 11.5 Å². The molecule has 0 aliphatic carbocycles. The molecule has 0 fully saturated rings. The van der Waals surface area contributed by atoms with Crippen molar-refractivity contribution in [1.82, 2.24) is 0 Å². The van der Waals surface area contributed by atoms with Crippen LogP contribution in [0.4, 0.5) is 0 Å². The summed E-state index contributed by atoms with van der Waals surface area (Å²) in [6.45, 7) is 0.566. The molecule has 2 rings (SSSR count). The Balaban J connectivity index is 2.24. The van der Waals surface area contributed by atoms with E-state index in [9.17, 15) is 0 Å². The summed E-state index contributed by atoms with van der Waals surface area (Å²) < 4.78 is 11.1. The molecule has 0 saturated heterocycles. The quantitative estimate of drug-likeness (QED) is 0.920. The molecule has 108 valence electrons. The van der Waals surface area contributed by atoms with Crippen molar-refractivity contribution in [3.63, 3.8) is 0 Å². The molecule has 0 aromatic heterocycles. The molecule has 2 aromatic carbocycles. The lowest BCUT2D eigenvalue weighted by molar-refractivity contribution is 0.294. The molecule has 4 nitrogen and oxygen atoms in total. The predicted molar refractivity (Wildman–Crippen MR) is 81.4 cm³/mol. The average molecular weight is 303 g/mol. The first-order chi connectivity index (χ1) is 10.2. The fourth-order valence-electron chi connectivity index (χ4n) is 1.99. The summed E-state index contributed by atoms with van der Waals surface area (Å²) >= 11 is 6.09. The van der Waals surface area contributed by atoms with Crippen LogP contribution >= 0.6 is 11.6 Å². The second-order valence-electron chi connectivity index (χ2n) is 4.35. The van der Waals surface area contributed by atoms with Crippen LogP contribution in [0.2, 0.25) is 5.02 Å². The van der Waals surface area contributed by atoms with Crippen molar-refractivity contribution in [1.29, 1.82) is 5.26 Å². The van der Waals surface area contributed by atoms with Crippen molar-refractivity contribution in [2.75, 3.05) is 7.11 Å². The maximum Gasteiger partial charge on any atom is 0.125 e. The van der Waals surface area contributed by atoms with E-state index >= 15 is 0 Å². The van der Waals surface area contributed by atoms with Crippen molar-refractivity contribution in [2.45, 2.75) is 13.2 Å². The van der Waals surface area contributed by atoms with Crippen molar-refractivity contribution in [2.24, 2.45) is 5.73 Å². The fourth-order valence-corrected chi connectivity index (χ4v) is 2.23. The van der Waals surface area contributed by atoms with E-state index in [1.807, 2.05) is 6.07 Å². The molecule has 0 heterocycles. The number of benzene rings is 2. The van der Waals surface area contributed by atoms with Crippen LogP contribution in [0.1, 0.15) is 16.7 Å². The number of methoxy groups -OCH3 is 1. The van der Waals surface area contributed by atoms with Crippen LogP contribution in [0.15, 0.2) is 36.4 Å². The van der Waals surface area contributed by atoms with Gasteiger partial charge in [-0.2, -0.15) is 5.26 Å². The van der Waals surface area contributed by atoms with E-state index in [4.69, 9.17) is 32.1 Å². The Morgan fingerprint density at radius 3 is 2.71 bits per heavy atom. The van der Waals surface area contributed by atoms with Gasteiger partial charge in [0.2, 0.25) is 0 Å². The van der Waals surface area contributed by atoms with Crippen molar-refractivity contribution >= 4 is 11.6 Å². The van der Waals surface area contributed by atoms with Gasteiger partial charge in [0.25, 0.3) is 0 Å². The number of nitriles is 1. The molecular weight excluding hydrogens is 288 g/mol. The number of ether oxygens (including phenoxy) is 2. The third-order valence-corrected chi connectivity index (χ3v) is 3.43. The monoisotopic (exact) mass is 302 g/mol. The topological polar surface area (TPSA) is 68.3 Å². The van der Waals surface area contributed by atoms with Crippen molar-refractivity contribution in [3.8, 4) is 17.6 Å². The number of hydrogen-bond acceptors (Lipinski definition) is 4. The van der Waals surface area contributed by atoms with Crippen molar-refractivity contribution < 1.29 is 9.47 Å². The SMILES string of the molecule is COc1ccc(C#N)cc1COc1cccc(Cl)c1CN. The molecule has 0 aliphatic heterocycles. The standard InChI is InChI=1S/C16H15ClN2O2/c1-20-15-6-5-11(8-18)7-12(15)10-21-16-4-2-3-14(17)13(16)9-19/h2-7H,9-10,19H2,1H3. The zero-order chi connectivity index (χ0) is 15.2. The van der Waals surface area contributed by atoms with Gasteiger partial charge in [-0.3, -0.25) is 0 Å². The highest BCUT2D eigenvalue weighted by molar-refractivity contribution is 6.31. The van der Waals surface area contributed by atoms with Gasteiger partial charge in [-0.05, 0) is 30.3 Å². The van der Waals surface area contributed by atoms with Gasteiger partial charge in [0.1, 0.15) is 18.1 Å². The van der Waals surface area contributed by atoms with Crippen LogP contribution in [0, 0.1) is 11.3 Å². The zero-order valence-corrected chi connectivity index (χ0v) is 12.4. The van der Waals surface area contributed by atoms with Crippen LogP contribution < -0.4 is 15.2 Å². The van der Waals surface area contributed by atoms with Gasteiger partial charge in [-0.1, -0.05) is 17.7 Å². The van der Waals surface area contributed by atoms with Gasteiger partial charge in [0, 0.05) is 22.7 Å². The molecule has 0 spiro atoms. The smallest absolute Gasteiger partial charge is 0.125 e. The lowest BCUT2D eigenvalue weighted by Crippen LogP contribution is -2.04. The molecule has 2 N–H and O–H groups in total. The molecule has 0 aliphatic rings. The largest absolute Gasteiger partial charge is 0.496 e. The number of rotatable bonds is 5. The Morgan fingerprint density at radius 1 is 1.24 bits per heavy atom. The molecule has 0 atom stereocenters. The van der Waals surface area contributed by atoms with Gasteiger partial charge in [-0.15, -0.1) is 0 Å². The molecule has 5 heteroatoms. The third kappa shape index (κ3) is 3.46. The van der Waals surface area contributed by atoms with E-state index < -0.39 is 0 Å². The first kappa shape index (κ1) is 15.2. The molecule has 0 radical (unpaired) electrons. The first-order valence-corrected chi connectivity index (χ1v) is 6.74. The van der Waals surface area contributed by atoms with Crippen LogP contribution in [-0.4, -0.2) is 7.11 Å². The van der Waals surface area contributed by atoms with Gasteiger partial charge in [0.05, 0.1) is 18.7 Å². The summed E-state index contributed by atoms with van der Waals surface area (Å²) in [6.07, 6.45) is 0. The lowest BCUT2D eigenvalue weighted by atomic mass is 10.1. The Bertz CT molecular complexity index is 680. The Labute approximate surface area is 128 Å². The minimum atomic E-state index is 0.270. The van der Waals surface area contributed by atoms with Gasteiger partial charge in [-0.25, -0.2) is 0 Å². The van der Waals surface area contributed by atoms with Gasteiger partial charge >= 0.3 is 0 Å². The maximum absolute atomic E-state index is 8.96.